The van der Waals surface area contributed by atoms with E-state index in [1.807, 2.05) is 0 Å². The van der Waals surface area contributed by atoms with E-state index >= 15 is 9.59 Å². The first-order valence-electron chi connectivity index (χ1n) is 66.8. The highest BCUT2D eigenvalue weighted by atomic mass is 32.2. The lowest BCUT2D eigenvalue weighted by Crippen LogP contribution is -2.40. The average molecular weight is 2080 g/mol. The number of alkyl halides is 9. The molecule has 143 heavy (non-hydrogen) atoms. The summed E-state index contributed by atoms with van der Waals surface area (Å²) in [4.78, 5) is 96.0. The van der Waals surface area contributed by atoms with Crippen LogP contribution in [0.15, 0.2) is 242 Å². The molecule has 33 heteroatoms. The number of thioether (sulfide) groups is 3. The summed E-state index contributed by atoms with van der Waals surface area (Å²) in [6, 6.07) is 21.3. The predicted molar refractivity (Wildman–Crippen MR) is 539 cm³/mol. The topological polar surface area (TPSA) is 175 Å². The van der Waals surface area contributed by atoms with Crippen LogP contribution in [0.25, 0.3) is 33.4 Å². The maximum absolute atomic E-state index is 15.1. The largest absolute Gasteiger partial charge is 0.416 e. The summed E-state index contributed by atoms with van der Waals surface area (Å²) < 4.78 is 585. The molecular formula is C110H118F12N12O6S3. The molecule has 0 fully saturated rings. The van der Waals surface area contributed by atoms with E-state index in [4.69, 9.17) is 52.1 Å². The van der Waals surface area contributed by atoms with Gasteiger partial charge in [0.2, 0.25) is 17.7 Å². The molecular weight excluding hydrogens is 1910 g/mol. The Morgan fingerprint density at radius 1 is 0.385 bits per heavy atom. The quantitative estimate of drug-likeness (QED) is 0.0202. The fourth-order valence-electron chi connectivity index (χ4n) is 13.8. The first-order chi connectivity index (χ1) is 86.3. The molecule has 3 amide bonds. The number of carbonyl (C=O) groups is 3. The number of likely N-dealkylation sites (N-methyl/N-ethyl adjacent to an activating group) is 3. The van der Waals surface area contributed by atoms with Crippen molar-refractivity contribution in [2.45, 2.75) is 197 Å². The number of hydrogen-bond donors (Lipinski definition) is 0. The number of nitrogens with zero attached hydrogens (tertiary/aromatic N) is 12. The van der Waals surface area contributed by atoms with Crippen LogP contribution in [0.5, 0.6) is 0 Å². The monoisotopic (exact) mass is 2080 g/mol. The minimum Gasteiger partial charge on any atom is -0.336 e. The Balaban J connectivity index is 0.000000232. The molecule has 18 nitrogen and oxygen atoms in total. The number of carbonyl (C=O) groups excluding carboxylic acids is 3. The molecule has 0 saturated carbocycles. The molecule has 12 aromatic rings. The number of aromatic nitrogens is 6. The van der Waals surface area contributed by atoms with Gasteiger partial charge in [-0.05, 0) is 242 Å². The fraction of sp³-hybridized carbons (Fsp3) is 0.373. The smallest absolute Gasteiger partial charge is 0.336 e. The zero-order chi connectivity index (χ0) is 145. The standard InChI is InChI=1S/2C37H40F4N4O2S.C36H38F4N4O2S/c1-4-43(5-2)18-19-44(22-26-6-10-28(11-7-26)29-12-14-30(15-13-29)37(39,40)41)34(46)23-45-33-21-25(3)20-32(33)35(47)42-36(45)48-24-27-8-16-31(38)17-9-27;1-4-43(5-2)19-20-44(22-26-9-13-28(14-10-26)29-15-18-32(25(3)21-29)37(39,40)41)34(46)23-45-33-8-6-7-31(33)35(47)42-36(45)48-24-27-11-16-30(38)17-12-27;1-3-42(4-2)20-21-43(22-25-8-12-27(13-9-25)28-14-16-29(17-15-28)36(38,39)40)33(45)23-44-32-7-5-6-31(32)34(46)41-35(44)47-24-26-10-18-30(37)19-11-26/h6-17,25H,4-5,18-24H2,1-3H3;9-18,21H,4-8,19-20,22-24H2,1-3H3;8-19H,3-7,20-24H2,1-2H3/i4D2,5D2,18D2,19D2,20D2,21D2,23D2,24D2,25D;4D2,5D2,9D,10D,13D,14D,15D,18D,19D2,20D2,21D,23D2,24D2;3D2,4D2,20D2,21D2,23D2,24D2. The molecule has 1 atom stereocenters. The van der Waals surface area contributed by atoms with E-state index in [2.05, 4.69) is 15.0 Å². The summed E-state index contributed by atoms with van der Waals surface area (Å²) >= 11 is 0.147. The Hall–Kier alpha value is -11.9. The summed E-state index contributed by atoms with van der Waals surface area (Å²) in [5.74, 6) is -11.4. The van der Waals surface area contributed by atoms with Gasteiger partial charge in [-0.2, -0.15) is 54.5 Å². The molecule has 3 aromatic heterocycles. The van der Waals surface area contributed by atoms with E-state index in [9.17, 15) is 85.6 Å². The number of benzene rings is 9. The van der Waals surface area contributed by atoms with Gasteiger partial charge in [-0.3, -0.25) is 28.8 Å². The highest BCUT2D eigenvalue weighted by Crippen LogP contribution is 2.39. The van der Waals surface area contributed by atoms with Crippen molar-refractivity contribution >= 4 is 53.0 Å². The van der Waals surface area contributed by atoms with Gasteiger partial charge in [-0.1, -0.05) is 229 Å². The second-order valence-electron chi connectivity index (χ2n) is 30.6. The summed E-state index contributed by atoms with van der Waals surface area (Å²) in [5, 5.41) is -2.69. The molecule has 3 heterocycles. The van der Waals surface area contributed by atoms with Crippen LogP contribution < -0.4 is 16.7 Å². The predicted octanol–water partition coefficient (Wildman–Crippen LogP) is 22.2. The van der Waals surface area contributed by atoms with Crippen LogP contribution in [0, 0.1) is 30.3 Å². The SMILES string of the molecule is [2H]C([2H])(Sc1nc(=O)c2c(n1C([2H])([2H])C(=O)N(Cc1ccc(-c3ccc(C(F)(F)F)cc3)cc1)C([2H])([2H])C([2H])([2H])N(C([2H])([2H])C)C([2H])([2H])C)C([2H])([2H])C([2H])(C)C2([2H])[2H])c1ccc(F)cc1.[2H]C([2H])(Sc1nc(=O)c2c(n1C([2H])([2H])C(=O)N(Cc1ccc(-c3ccc(C(F)(F)F)cc3)cc1)C([2H])([2H])C([2H])([2H])N(C([2H])([2H])C)C([2H])([2H])C)CCC2)c1ccc(F)cc1.[2H]c1c([2H])c(-c2c([2H])c([2H])c(C(F)(F)F)c(C)c2[2H])c([2H])c([2H])c1CN(C(=O)C([2H])([2H])n1c(SC([2H])([2H])c2ccc(F)cc2)nc(=O)c2c1CCC2)C([2H])([2H])C([2H])([2H])N(C([2H])([2H])C)C([2H])([2H])C. The Morgan fingerprint density at radius 2 is 0.692 bits per heavy atom. The third-order valence-electron chi connectivity index (χ3n) is 21.0. The van der Waals surface area contributed by atoms with Crippen LogP contribution in [-0.4, -0.2) is 154 Å². The zero-order valence-corrected chi connectivity index (χ0v) is 79.1. The molecule has 0 N–H and O–H groups in total. The molecule has 3 aliphatic rings. The van der Waals surface area contributed by atoms with E-state index in [1.54, 1.807) is 0 Å². The van der Waals surface area contributed by atoms with Crippen molar-refractivity contribution in [2.24, 2.45) is 5.89 Å². The Morgan fingerprint density at radius 3 is 1.02 bits per heavy atom. The van der Waals surface area contributed by atoms with Gasteiger partial charge in [0, 0.05) is 149 Å². The van der Waals surface area contributed by atoms with E-state index in [1.165, 1.54) is 60.7 Å². The van der Waals surface area contributed by atoms with Crippen LogP contribution in [0.4, 0.5) is 52.7 Å². The van der Waals surface area contributed by atoms with Gasteiger partial charge in [0.05, 0.1) is 42.7 Å². The number of fused-ring (bicyclic) bond motifs is 3. The Kier molecular flexibility index (Phi) is 21.3. The Labute approximate surface area is 905 Å². The molecule has 3 aliphatic carbocycles. The molecule has 15 rings (SSSR count). The van der Waals surface area contributed by atoms with Gasteiger partial charge in [0.1, 0.15) is 36.9 Å². The van der Waals surface area contributed by atoms with Crippen molar-refractivity contribution in [3.63, 3.8) is 0 Å². The Bertz CT molecular complexity index is 9000. The molecule has 0 aliphatic heterocycles. The van der Waals surface area contributed by atoms with Crippen molar-refractivity contribution in [1.29, 1.82) is 0 Å². The van der Waals surface area contributed by atoms with Crippen molar-refractivity contribution in [3.05, 3.63) is 350 Å². The second kappa shape index (κ2) is 50.1. The zero-order valence-electron chi connectivity index (χ0n) is 125. The first kappa shape index (κ1) is 60.8. The number of hydrogen-bond acceptors (Lipinski definition) is 15. The van der Waals surface area contributed by atoms with Gasteiger partial charge in [-0.25, -0.2) is 13.2 Å². The van der Waals surface area contributed by atoms with E-state index in [-0.39, 0.29) is 163 Å². The molecule has 1 unspecified atom stereocenters. The van der Waals surface area contributed by atoms with E-state index < -0.39 is 331 Å². The number of rotatable bonds is 39. The highest BCUT2D eigenvalue weighted by Gasteiger charge is 2.36. The third kappa shape index (κ3) is 29.5. The molecule has 0 spiro atoms. The van der Waals surface area contributed by atoms with Crippen molar-refractivity contribution in [2.75, 3.05) is 78.0 Å². The van der Waals surface area contributed by atoms with Crippen molar-refractivity contribution in [3.8, 4) is 33.4 Å². The third-order valence-corrected chi connectivity index (χ3v) is 23.4. The van der Waals surface area contributed by atoms with Crippen LogP contribution >= 0.6 is 35.3 Å². The van der Waals surface area contributed by atoms with Gasteiger partial charge in [0.25, 0.3) is 16.7 Å². The maximum Gasteiger partial charge on any atom is 0.416 e. The molecule has 9 aromatic carbocycles. The lowest BCUT2D eigenvalue weighted by Gasteiger charge is -2.28. The number of halogens is 12. The van der Waals surface area contributed by atoms with Gasteiger partial charge in [0.15, 0.2) is 15.5 Å². The van der Waals surface area contributed by atoms with Crippen molar-refractivity contribution < 1.29 is 133 Å². The minimum atomic E-state index is -5.24. The second-order valence-corrected chi connectivity index (χ2v) is 32.9. The van der Waals surface area contributed by atoms with Gasteiger partial charge in [-0.15, -0.1) is 0 Å². The molecule has 0 bridgehead atoms. The molecule has 0 saturated heterocycles. The van der Waals surface area contributed by atoms with Gasteiger partial charge >= 0.3 is 18.5 Å². The summed E-state index contributed by atoms with van der Waals surface area (Å²) in [7, 11) is 0. The van der Waals surface area contributed by atoms with E-state index in [0.717, 1.165) is 137 Å². The van der Waals surface area contributed by atoms with Crippen LogP contribution in [0.2, 0.25) is 0 Å². The summed E-state index contributed by atoms with van der Waals surface area (Å²) in [6.45, 7) is -51.7. The van der Waals surface area contributed by atoms with Crippen LogP contribution in [-0.2, 0) is 128 Å². The number of amides is 3. The first-order valence-corrected chi connectivity index (χ1v) is 45.3. The lowest BCUT2D eigenvalue weighted by molar-refractivity contribution is -0.138. The maximum atomic E-state index is 15.1. The molecule has 756 valence electrons. The fourth-order valence-corrected chi connectivity index (χ4v) is 16.0. The van der Waals surface area contributed by atoms with Gasteiger partial charge < -0.3 is 43.1 Å². The minimum absolute atomic E-state index is 0.00152. The normalized spacial score (nSPS) is 21.3. The summed E-state index contributed by atoms with van der Waals surface area (Å²) in [6.07, 6.45) is -20.9. The van der Waals surface area contributed by atoms with E-state index in [0.29, 0.717) is 54.4 Å². The molecule has 0 radical (unpaired) electrons. The lowest BCUT2D eigenvalue weighted by atomic mass is 9.98. The van der Waals surface area contributed by atoms with Crippen LogP contribution in [0.1, 0.15) is 217 Å². The highest BCUT2D eigenvalue weighted by molar-refractivity contribution is 7.98. The summed E-state index contributed by atoms with van der Waals surface area (Å²) in [5.41, 5.74) is -21.5. The van der Waals surface area contributed by atoms with Crippen molar-refractivity contribution in [1.82, 2.24) is 58.1 Å². The van der Waals surface area contributed by atoms with Crippen LogP contribution in [0.3, 0.4) is 0 Å². The average Bonchev–Trinajstić information content (AvgIpc) is 1.51.